The Bertz CT molecular complexity index is 831. The van der Waals surface area contributed by atoms with E-state index in [1.54, 1.807) is 0 Å². The molecule has 3 aromatic rings. The van der Waals surface area contributed by atoms with Crippen LogP contribution in [0.3, 0.4) is 0 Å². The van der Waals surface area contributed by atoms with Crippen molar-refractivity contribution in [3.05, 3.63) is 47.0 Å². The van der Waals surface area contributed by atoms with Crippen LogP contribution in [0.1, 0.15) is 25.3 Å². The molecule has 0 saturated carbocycles. The summed E-state index contributed by atoms with van der Waals surface area (Å²) in [5.74, 6) is 0.782. The molecule has 0 unspecified atom stereocenters. The zero-order valence-corrected chi connectivity index (χ0v) is 13.9. The molecule has 0 atom stereocenters. The zero-order valence-electron chi connectivity index (χ0n) is 13.1. The number of aromatic nitrogens is 2. The van der Waals surface area contributed by atoms with Crippen molar-refractivity contribution in [2.45, 2.75) is 26.7 Å². The van der Waals surface area contributed by atoms with Crippen molar-refractivity contribution in [2.24, 2.45) is 0 Å². The van der Waals surface area contributed by atoms with Crippen molar-refractivity contribution in [3.8, 4) is 11.4 Å². The summed E-state index contributed by atoms with van der Waals surface area (Å²) in [5.41, 5.74) is 4.48. The third-order valence-electron chi connectivity index (χ3n) is 3.66. The summed E-state index contributed by atoms with van der Waals surface area (Å²) >= 11 is 6.15. The van der Waals surface area contributed by atoms with Crippen LogP contribution in [0.4, 0.5) is 5.69 Å². The zero-order chi connectivity index (χ0) is 16.4. The van der Waals surface area contributed by atoms with Gasteiger partial charge in [0.15, 0.2) is 0 Å². The Morgan fingerprint density at radius 3 is 2.91 bits per heavy atom. The second-order valence-corrected chi connectivity index (χ2v) is 5.99. The third-order valence-corrected chi connectivity index (χ3v) is 4.07. The normalized spacial score (nSPS) is 10.9. The quantitative estimate of drug-likeness (QED) is 0.713. The van der Waals surface area contributed by atoms with Crippen LogP contribution in [0.2, 0.25) is 5.02 Å². The molecule has 23 heavy (non-hydrogen) atoms. The number of carbonyl (C=O) groups is 1. The lowest BCUT2D eigenvalue weighted by molar-refractivity contribution is -0.116. The predicted octanol–water partition coefficient (Wildman–Crippen LogP) is 4.93. The fraction of sp³-hybridized carbons (Fsp3) is 0.222. The summed E-state index contributed by atoms with van der Waals surface area (Å²) in [4.78, 5) is 19.6. The Balaban J connectivity index is 1.94. The first-order valence-electron chi connectivity index (χ1n) is 7.63. The molecule has 0 bridgehead atoms. The highest BCUT2D eigenvalue weighted by molar-refractivity contribution is 6.32. The molecular weight excluding hydrogens is 310 g/mol. The lowest BCUT2D eigenvalue weighted by Crippen LogP contribution is -2.10. The molecule has 0 aliphatic heterocycles. The summed E-state index contributed by atoms with van der Waals surface area (Å²) in [5, 5.41) is 3.61. The van der Waals surface area contributed by atoms with E-state index in [1.807, 2.05) is 50.2 Å². The molecule has 3 rings (SSSR count). The largest absolute Gasteiger partial charge is 0.338 e. The number of fused-ring (bicyclic) bond motifs is 1. The number of nitrogens with zero attached hydrogens (tertiary/aromatic N) is 1. The van der Waals surface area contributed by atoms with Gasteiger partial charge in [-0.25, -0.2) is 4.98 Å². The Labute approximate surface area is 139 Å². The number of aromatic amines is 1. The third kappa shape index (κ3) is 3.37. The van der Waals surface area contributed by atoms with Crippen LogP contribution in [-0.4, -0.2) is 15.9 Å². The van der Waals surface area contributed by atoms with Gasteiger partial charge in [0.1, 0.15) is 5.82 Å². The molecule has 1 amide bonds. The van der Waals surface area contributed by atoms with Crippen LogP contribution in [0.15, 0.2) is 36.4 Å². The summed E-state index contributed by atoms with van der Waals surface area (Å²) in [6, 6.07) is 11.5. The molecule has 0 fully saturated rings. The molecule has 2 N–H and O–H groups in total. The molecular formula is C18H18ClN3O. The van der Waals surface area contributed by atoms with E-state index in [1.165, 1.54) is 0 Å². The summed E-state index contributed by atoms with van der Waals surface area (Å²) in [6.07, 6.45) is 1.35. The number of rotatable bonds is 4. The second kappa shape index (κ2) is 6.42. The molecule has 0 saturated heterocycles. The summed E-state index contributed by atoms with van der Waals surface area (Å²) in [6.45, 7) is 3.95. The van der Waals surface area contributed by atoms with Gasteiger partial charge in [0.05, 0.1) is 11.0 Å². The topological polar surface area (TPSA) is 57.8 Å². The SMILES string of the molecule is CCCC(=O)Nc1cccc(-c2nc3cc(Cl)c(C)cc3[nH]2)c1. The van der Waals surface area contributed by atoms with Crippen LogP contribution in [-0.2, 0) is 4.79 Å². The van der Waals surface area contributed by atoms with Crippen molar-refractivity contribution in [1.29, 1.82) is 0 Å². The van der Waals surface area contributed by atoms with Crippen molar-refractivity contribution >= 4 is 34.2 Å². The highest BCUT2D eigenvalue weighted by atomic mass is 35.5. The monoisotopic (exact) mass is 327 g/mol. The first-order chi connectivity index (χ1) is 11.1. The average molecular weight is 328 g/mol. The smallest absolute Gasteiger partial charge is 0.224 e. The highest BCUT2D eigenvalue weighted by Gasteiger charge is 2.09. The number of anilines is 1. The lowest BCUT2D eigenvalue weighted by atomic mass is 10.2. The van der Waals surface area contributed by atoms with Gasteiger partial charge in [-0.2, -0.15) is 0 Å². The maximum absolute atomic E-state index is 11.7. The molecule has 1 aromatic heterocycles. The number of aryl methyl sites for hydroxylation is 1. The number of hydrogen-bond donors (Lipinski definition) is 2. The summed E-state index contributed by atoms with van der Waals surface area (Å²) in [7, 11) is 0. The first-order valence-corrected chi connectivity index (χ1v) is 8.01. The lowest BCUT2D eigenvalue weighted by Gasteiger charge is -2.05. The van der Waals surface area contributed by atoms with E-state index < -0.39 is 0 Å². The second-order valence-electron chi connectivity index (χ2n) is 5.58. The standard InChI is InChI=1S/C18H18ClN3O/c1-3-5-17(23)20-13-7-4-6-12(9-13)18-21-15-8-11(2)14(19)10-16(15)22-18/h4,6-10H,3,5H2,1-2H3,(H,20,23)(H,21,22). The van der Waals surface area contributed by atoms with Crippen LogP contribution in [0.25, 0.3) is 22.4 Å². The fourth-order valence-corrected chi connectivity index (χ4v) is 2.63. The Morgan fingerprint density at radius 1 is 1.30 bits per heavy atom. The molecule has 0 aliphatic rings. The van der Waals surface area contributed by atoms with Crippen LogP contribution in [0, 0.1) is 6.92 Å². The molecule has 0 radical (unpaired) electrons. The van der Waals surface area contributed by atoms with Gasteiger partial charge in [-0.3, -0.25) is 4.79 Å². The minimum atomic E-state index is 0.0247. The number of carbonyl (C=O) groups excluding carboxylic acids is 1. The minimum Gasteiger partial charge on any atom is -0.338 e. The van der Waals surface area contributed by atoms with E-state index in [0.29, 0.717) is 11.4 Å². The highest BCUT2D eigenvalue weighted by Crippen LogP contribution is 2.26. The van der Waals surface area contributed by atoms with E-state index in [4.69, 9.17) is 11.6 Å². The number of hydrogen-bond acceptors (Lipinski definition) is 2. The molecule has 5 heteroatoms. The molecule has 1 heterocycles. The van der Waals surface area contributed by atoms with Gasteiger partial charge in [-0.05, 0) is 43.2 Å². The van der Waals surface area contributed by atoms with E-state index in [-0.39, 0.29) is 5.91 Å². The van der Waals surface area contributed by atoms with Gasteiger partial charge >= 0.3 is 0 Å². The Hall–Kier alpha value is -2.33. The van der Waals surface area contributed by atoms with Crippen molar-refractivity contribution < 1.29 is 4.79 Å². The minimum absolute atomic E-state index is 0.0247. The molecule has 2 aromatic carbocycles. The van der Waals surface area contributed by atoms with Gasteiger partial charge in [-0.15, -0.1) is 0 Å². The maximum Gasteiger partial charge on any atom is 0.224 e. The first kappa shape index (κ1) is 15.6. The van der Waals surface area contributed by atoms with Crippen molar-refractivity contribution in [2.75, 3.05) is 5.32 Å². The van der Waals surface area contributed by atoms with Gasteiger partial charge in [0.2, 0.25) is 5.91 Å². The summed E-state index contributed by atoms with van der Waals surface area (Å²) < 4.78 is 0. The fourth-order valence-electron chi connectivity index (χ4n) is 2.47. The van der Waals surface area contributed by atoms with Gasteiger partial charge in [0.25, 0.3) is 0 Å². The molecule has 0 spiro atoms. The van der Waals surface area contributed by atoms with E-state index in [9.17, 15) is 4.79 Å². The van der Waals surface area contributed by atoms with Crippen LogP contribution >= 0.6 is 11.6 Å². The van der Waals surface area contributed by atoms with Crippen molar-refractivity contribution in [1.82, 2.24) is 9.97 Å². The average Bonchev–Trinajstić information content (AvgIpc) is 2.91. The van der Waals surface area contributed by atoms with E-state index >= 15 is 0 Å². The van der Waals surface area contributed by atoms with Crippen LogP contribution < -0.4 is 5.32 Å². The predicted molar refractivity (Wildman–Crippen MR) is 94.8 cm³/mol. The number of amides is 1. The van der Waals surface area contributed by atoms with Gasteiger partial charge < -0.3 is 10.3 Å². The molecule has 118 valence electrons. The molecule has 0 aliphatic carbocycles. The Morgan fingerprint density at radius 2 is 2.13 bits per heavy atom. The van der Waals surface area contributed by atoms with E-state index in [2.05, 4.69) is 15.3 Å². The van der Waals surface area contributed by atoms with Crippen LogP contribution in [0.5, 0.6) is 0 Å². The van der Waals surface area contributed by atoms with Crippen molar-refractivity contribution in [3.63, 3.8) is 0 Å². The number of halogens is 1. The maximum atomic E-state index is 11.7. The van der Waals surface area contributed by atoms with Gasteiger partial charge in [-0.1, -0.05) is 30.7 Å². The Kier molecular flexibility index (Phi) is 4.35. The number of nitrogens with one attached hydrogen (secondary N) is 2. The van der Waals surface area contributed by atoms with Gasteiger partial charge in [0, 0.05) is 22.7 Å². The molecule has 4 nitrogen and oxygen atoms in total. The number of benzene rings is 2. The number of imidazole rings is 1. The van der Waals surface area contributed by atoms with E-state index in [0.717, 1.165) is 40.1 Å². The number of H-pyrrole nitrogens is 1.